The number of hydrogen-bond donors (Lipinski definition) is 2. The van der Waals surface area contributed by atoms with Gasteiger partial charge in [-0.25, -0.2) is 18.7 Å². The van der Waals surface area contributed by atoms with Gasteiger partial charge in [0, 0.05) is 17.8 Å². The van der Waals surface area contributed by atoms with E-state index >= 15 is 0 Å². The highest BCUT2D eigenvalue weighted by Gasteiger charge is 2.37. The summed E-state index contributed by atoms with van der Waals surface area (Å²) in [5.74, 6) is -2.24. The van der Waals surface area contributed by atoms with E-state index in [1.165, 1.54) is 0 Å². The molecule has 0 radical (unpaired) electrons. The molecule has 8 heteroatoms. The molecule has 31 heavy (non-hydrogen) atoms. The van der Waals surface area contributed by atoms with E-state index in [1.807, 2.05) is 48.5 Å². The maximum atomic E-state index is 13.5. The van der Waals surface area contributed by atoms with Crippen LogP contribution in [0.2, 0.25) is 0 Å². The Hall–Kier alpha value is -3.39. The number of likely N-dealkylation sites (tertiary alicyclic amines) is 1. The highest BCUT2D eigenvalue weighted by molar-refractivity contribution is 6.02. The molecule has 0 saturated carbocycles. The summed E-state index contributed by atoms with van der Waals surface area (Å²) < 4.78 is 28.7. The quantitative estimate of drug-likeness (QED) is 0.532. The number of amides is 1. The molecule has 2 N–H and O–H groups in total. The van der Waals surface area contributed by atoms with Crippen LogP contribution in [0.25, 0.3) is 16.3 Å². The lowest BCUT2D eigenvalue weighted by Gasteiger charge is -2.28. The summed E-state index contributed by atoms with van der Waals surface area (Å²) in [6.45, 7) is 1.29. The first-order valence-corrected chi connectivity index (χ1v) is 10.3. The van der Waals surface area contributed by atoms with Gasteiger partial charge in [0.25, 0.3) is 11.8 Å². The standard InChI is InChI=1S/C23H21F2N5O/c24-23(25)8-11-29(12-9-23)15-18-19-7-3-4-10-30(19)21(27-18)22(31)28-20-13-16-5-1-2-6-17(16)14-26-20/h1-7,10,13-14H,8-9,11-12,15H2,(H,26,28,31)/p+1. The minimum atomic E-state index is -2.57. The third-order valence-electron chi connectivity index (χ3n) is 5.81. The van der Waals surface area contributed by atoms with Crippen molar-refractivity contribution in [1.29, 1.82) is 0 Å². The second-order valence-corrected chi connectivity index (χ2v) is 7.99. The van der Waals surface area contributed by atoms with Gasteiger partial charge in [0.05, 0.1) is 31.4 Å². The maximum Gasteiger partial charge on any atom is 0.293 e. The van der Waals surface area contributed by atoms with E-state index in [1.54, 1.807) is 16.8 Å². The lowest BCUT2D eigenvalue weighted by Crippen LogP contribution is -3.12. The van der Waals surface area contributed by atoms with Crippen molar-refractivity contribution in [1.82, 2.24) is 14.4 Å². The average molecular weight is 422 g/mol. The summed E-state index contributed by atoms with van der Waals surface area (Å²) in [6, 6.07) is 15.2. The largest absolute Gasteiger partial charge is 0.329 e. The predicted octanol–water partition coefficient (Wildman–Crippen LogP) is 2.95. The van der Waals surface area contributed by atoms with Gasteiger partial charge in [0.2, 0.25) is 5.82 Å². The van der Waals surface area contributed by atoms with Crippen molar-refractivity contribution in [2.24, 2.45) is 0 Å². The lowest BCUT2D eigenvalue weighted by molar-refractivity contribution is -0.921. The molecule has 158 valence electrons. The maximum absolute atomic E-state index is 13.5. The van der Waals surface area contributed by atoms with Crippen LogP contribution in [-0.2, 0) is 6.54 Å². The fraction of sp³-hybridized carbons (Fsp3) is 0.261. The topological polar surface area (TPSA) is 63.7 Å². The minimum Gasteiger partial charge on any atom is -0.329 e. The summed E-state index contributed by atoms with van der Waals surface area (Å²) in [5, 5.41) is 4.80. The van der Waals surface area contributed by atoms with E-state index in [0.717, 1.165) is 26.9 Å². The Morgan fingerprint density at radius 1 is 1.10 bits per heavy atom. The van der Waals surface area contributed by atoms with Crippen LogP contribution >= 0.6 is 0 Å². The SMILES string of the molecule is O=C(Nc1cc2ccccc2cn1)c1nc(C[NH+]2CCC(F)(F)CC2)c2ccccn12. The molecule has 0 unspecified atom stereocenters. The molecule has 1 saturated heterocycles. The number of fused-ring (bicyclic) bond motifs is 2. The molecule has 1 amide bonds. The van der Waals surface area contributed by atoms with Crippen LogP contribution in [0.3, 0.4) is 0 Å². The Bertz CT molecular complexity index is 1260. The number of quaternary nitrogens is 1. The highest BCUT2D eigenvalue weighted by atomic mass is 19.3. The van der Waals surface area contributed by atoms with Gasteiger partial charge in [-0.05, 0) is 23.6 Å². The number of halogens is 2. The van der Waals surface area contributed by atoms with Crippen LogP contribution in [-0.4, -0.2) is 39.3 Å². The summed E-state index contributed by atoms with van der Waals surface area (Å²) >= 11 is 0. The number of hydrogen-bond acceptors (Lipinski definition) is 3. The number of carbonyl (C=O) groups is 1. The first-order valence-electron chi connectivity index (χ1n) is 10.3. The fourth-order valence-corrected chi connectivity index (χ4v) is 4.10. The van der Waals surface area contributed by atoms with Crippen molar-refractivity contribution in [2.75, 3.05) is 18.4 Å². The lowest BCUT2D eigenvalue weighted by atomic mass is 10.1. The van der Waals surface area contributed by atoms with Crippen molar-refractivity contribution in [3.8, 4) is 0 Å². The van der Waals surface area contributed by atoms with Crippen molar-refractivity contribution >= 4 is 28.0 Å². The summed E-state index contributed by atoms with van der Waals surface area (Å²) in [5.41, 5.74) is 1.54. The van der Waals surface area contributed by atoms with Gasteiger partial charge in [0.15, 0.2) is 0 Å². The molecule has 0 aliphatic carbocycles. The highest BCUT2D eigenvalue weighted by Crippen LogP contribution is 2.23. The molecule has 4 heterocycles. The number of alkyl halides is 2. The second kappa shape index (κ2) is 7.70. The van der Waals surface area contributed by atoms with Crippen molar-refractivity contribution in [2.45, 2.75) is 25.3 Å². The monoisotopic (exact) mass is 422 g/mol. The van der Waals surface area contributed by atoms with Crippen LogP contribution in [0.15, 0.2) is 60.9 Å². The zero-order valence-corrected chi connectivity index (χ0v) is 16.8. The molecule has 0 bridgehead atoms. The molecular formula is C23H22F2N5O+. The molecule has 1 aliphatic heterocycles. The first-order chi connectivity index (χ1) is 15.0. The number of nitrogens with zero attached hydrogens (tertiary/aromatic N) is 3. The number of pyridine rings is 2. The number of rotatable bonds is 4. The Kier molecular flexibility index (Phi) is 4.86. The van der Waals surface area contributed by atoms with E-state index in [2.05, 4.69) is 15.3 Å². The van der Waals surface area contributed by atoms with E-state index in [-0.39, 0.29) is 24.6 Å². The second-order valence-electron chi connectivity index (χ2n) is 7.99. The smallest absolute Gasteiger partial charge is 0.293 e. The summed E-state index contributed by atoms with van der Waals surface area (Å²) in [4.78, 5) is 23.0. The number of imidazole rings is 1. The molecule has 6 nitrogen and oxygen atoms in total. The van der Waals surface area contributed by atoms with Crippen LogP contribution in [0.4, 0.5) is 14.6 Å². The molecule has 1 aromatic carbocycles. The zero-order valence-electron chi connectivity index (χ0n) is 16.8. The van der Waals surface area contributed by atoms with E-state index < -0.39 is 5.92 Å². The van der Waals surface area contributed by atoms with Crippen LogP contribution in [0.1, 0.15) is 29.2 Å². The molecule has 1 aliphatic rings. The van der Waals surface area contributed by atoms with Gasteiger partial charge >= 0.3 is 0 Å². The van der Waals surface area contributed by atoms with Crippen LogP contribution in [0, 0.1) is 0 Å². The Balaban J connectivity index is 1.40. The average Bonchev–Trinajstić information content (AvgIpc) is 3.14. The molecular weight excluding hydrogens is 400 g/mol. The Morgan fingerprint density at radius 3 is 2.65 bits per heavy atom. The van der Waals surface area contributed by atoms with Gasteiger partial charge in [0.1, 0.15) is 18.1 Å². The van der Waals surface area contributed by atoms with E-state index in [0.29, 0.717) is 25.5 Å². The third kappa shape index (κ3) is 3.98. The fourth-order valence-electron chi connectivity index (χ4n) is 4.10. The number of piperidine rings is 1. The molecule has 3 aromatic heterocycles. The van der Waals surface area contributed by atoms with Crippen molar-refractivity contribution < 1.29 is 18.5 Å². The normalized spacial score (nSPS) is 16.6. The minimum absolute atomic E-state index is 0.116. The molecule has 0 atom stereocenters. The molecule has 5 rings (SSSR count). The number of nitrogens with one attached hydrogen (secondary N) is 2. The summed E-state index contributed by atoms with van der Waals surface area (Å²) in [6.07, 6.45) is 3.27. The van der Waals surface area contributed by atoms with Crippen LogP contribution in [0.5, 0.6) is 0 Å². The Labute approximate surface area is 177 Å². The number of anilines is 1. The number of aromatic nitrogens is 3. The van der Waals surface area contributed by atoms with Crippen LogP contribution < -0.4 is 10.2 Å². The van der Waals surface area contributed by atoms with Gasteiger partial charge in [-0.15, -0.1) is 0 Å². The summed E-state index contributed by atoms with van der Waals surface area (Å²) in [7, 11) is 0. The van der Waals surface area contributed by atoms with Crippen molar-refractivity contribution in [3.63, 3.8) is 0 Å². The van der Waals surface area contributed by atoms with E-state index in [4.69, 9.17) is 0 Å². The van der Waals surface area contributed by atoms with Crippen molar-refractivity contribution in [3.05, 3.63) is 72.4 Å². The van der Waals surface area contributed by atoms with Gasteiger partial charge in [-0.2, -0.15) is 0 Å². The van der Waals surface area contributed by atoms with E-state index in [9.17, 15) is 13.6 Å². The third-order valence-corrected chi connectivity index (χ3v) is 5.81. The first kappa shape index (κ1) is 19.6. The number of benzene rings is 1. The predicted molar refractivity (Wildman–Crippen MR) is 113 cm³/mol. The zero-order chi connectivity index (χ0) is 21.4. The molecule has 4 aromatic rings. The molecule has 1 fully saturated rings. The number of carbonyl (C=O) groups excluding carboxylic acids is 1. The van der Waals surface area contributed by atoms with Gasteiger partial charge in [-0.3, -0.25) is 9.20 Å². The van der Waals surface area contributed by atoms with Gasteiger partial charge < -0.3 is 10.2 Å². The van der Waals surface area contributed by atoms with Gasteiger partial charge in [-0.1, -0.05) is 30.3 Å². The Morgan fingerprint density at radius 2 is 1.84 bits per heavy atom. The molecule has 0 spiro atoms.